The molecule has 0 aliphatic carbocycles. The molecule has 4 aromatic rings. The molecule has 0 spiro atoms. The SMILES string of the molecule is CCCCC(CCCC)c1ccc(/C=C/c2cc[n+](CCCCCCCCCCCSSCCCCCCCCCCC[n+]3ccc(/C=C/c4ccc(C(CCCC)CCCC)cc4)cc3)cc2)cc1. The first-order valence-electron chi connectivity index (χ1n) is 29.4. The van der Waals surface area contributed by atoms with Gasteiger partial charge in [-0.2, -0.15) is 0 Å². The van der Waals surface area contributed by atoms with E-state index in [4.69, 9.17) is 0 Å². The molecule has 0 bridgehead atoms. The van der Waals surface area contributed by atoms with Crippen molar-refractivity contribution in [1.29, 1.82) is 0 Å². The Balaban J connectivity index is 0.873. The highest BCUT2D eigenvalue weighted by Crippen LogP contribution is 2.30. The highest BCUT2D eigenvalue weighted by atomic mass is 33.1. The van der Waals surface area contributed by atoms with Gasteiger partial charge < -0.3 is 0 Å². The number of unbranched alkanes of at least 4 members (excludes halogenated alkanes) is 20. The first-order valence-corrected chi connectivity index (χ1v) is 31.9. The molecule has 386 valence electrons. The van der Waals surface area contributed by atoms with Crippen LogP contribution in [0.15, 0.2) is 97.6 Å². The summed E-state index contributed by atoms with van der Waals surface area (Å²) in [4.78, 5) is 0. The fraction of sp³-hybridized carbons (Fsp3) is 0.606. The van der Waals surface area contributed by atoms with Crippen molar-refractivity contribution in [3.05, 3.63) is 131 Å². The molecule has 0 amide bonds. The largest absolute Gasteiger partial charge is 0.205 e. The van der Waals surface area contributed by atoms with Gasteiger partial charge in [0.05, 0.1) is 0 Å². The summed E-state index contributed by atoms with van der Waals surface area (Å²) in [5.41, 5.74) is 8.19. The van der Waals surface area contributed by atoms with Crippen molar-refractivity contribution in [2.45, 2.75) is 245 Å². The minimum absolute atomic E-state index is 0.721. The average Bonchev–Trinajstić information content (AvgIpc) is 3.40. The van der Waals surface area contributed by atoms with Crippen LogP contribution < -0.4 is 9.13 Å². The second-order valence-electron chi connectivity index (χ2n) is 20.7. The molecule has 0 saturated carbocycles. The van der Waals surface area contributed by atoms with Crippen LogP contribution in [0.2, 0.25) is 0 Å². The van der Waals surface area contributed by atoms with Gasteiger partial charge in [0.1, 0.15) is 13.1 Å². The number of aromatic nitrogens is 2. The predicted octanol–water partition coefficient (Wildman–Crippen LogP) is 20.6. The van der Waals surface area contributed by atoms with Crippen molar-refractivity contribution in [2.75, 3.05) is 11.5 Å². The lowest BCUT2D eigenvalue weighted by Crippen LogP contribution is -2.32. The molecule has 0 unspecified atom stereocenters. The minimum atomic E-state index is 0.721. The van der Waals surface area contributed by atoms with Crippen LogP contribution in [-0.2, 0) is 13.1 Å². The van der Waals surface area contributed by atoms with Crippen molar-refractivity contribution < 1.29 is 9.13 Å². The Morgan fingerprint density at radius 1 is 0.314 bits per heavy atom. The Morgan fingerprint density at radius 3 is 0.857 bits per heavy atom. The molecule has 2 aromatic carbocycles. The summed E-state index contributed by atoms with van der Waals surface area (Å²) in [5, 5.41) is 0. The lowest BCUT2D eigenvalue weighted by molar-refractivity contribution is -0.697. The number of pyridine rings is 2. The molecule has 4 rings (SSSR count). The maximum absolute atomic E-state index is 2.37. The summed E-state index contributed by atoms with van der Waals surface area (Å²) >= 11 is 0. The molecule has 0 fully saturated rings. The van der Waals surface area contributed by atoms with Crippen LogP contribution in [0.25, 0.3) is 24.3 Å². The Kier molecular flexibility index (Phi) is 34.3. The second-order valence-corrected chi connectivity index (χ2v) is 23.4. The minimum Gasteiger partial charge on any atom is -0.205 e. The van der Waals surface area contributed by atoms with Gasteiger partial charge in [-0.05, 0) is 96.6 Å². The van der Waals surface area contributed by atoms with E-state index < -0.39 is 0 Å². The Bertz CT molecular complexity index is 1710. The fourth-order valence-electron chi connectivity index (χ4n) is 9.86. The molecule has 0 radical (unpaired) electrons. The van der Waals surface area contributed by atoms with Crippen LogP contribution >= 0.6 is 21.6 Å². The van der Waals surface area contributed by atoms with E-state index in [1.54, 1.807) is 0 Å². The maximum atomic E-state index is 2.37. The lowest BCUT2D eigenvalue weighted by Gasteiger charge is -2.17. The first-order chi connectivity index (χ1) is 34.6. The molecule has 70 heavy (non-hydrogen) atoms. The van der Waals surface area contributed by atoms with Gasteiger partial charge in [-0.25, -0.2) is 9.13 Å². The maximum Gasteiger partial charge on any atom is 0.169 e. The molecular weight excluding hydrogens is 885 g/mol. The smallest absolute Gasteiger partial charge is 0.169 e. The van der Waals surface area contributed by atoms with Gasteiger partial charge in [0.2, 0.25) is 0 Å². The van der Waals surface area contributed by atoms with E-state index in [0.29, 0.717) is 0 Å². The van der Waals surface area contributed by atoms with Crippen LogP contribution in [0.1, 0.15) is 266 Å². The zero-order chi connectivity index (χ0) is 49.4. The molecule has 0 atom stereocenters. The van der Waals surface area contributed by atoms with Crippen molar-refractivity contribution >= 4 is 45.9 Å². The zero-order valence-corrected chi connectivity index (χ0v) is 47.1. The van der Waals surface area contributed by atoms with Crippen LogP contribution in [-0.4, -0.2) is 11.5 Å². The van der Waals surface area contributed by atoms with E-state index in [1.165, 1.54) is 238 Å². The van der Waals surface area contributed by atoms with Crippen molar-refractivity contribution in [3.8, 4) is 0 Å². The molecular formula is C66H102N2S2+2. The molecule has 4 heteroatoms. The van der Waals surface area contributed by atoms with Gasteiger partial charge in [0, 0.05) is 48.6 Å². The fourth-order valence-corrected chi connectivity index (χ4v) is 12.2. The van der Waals surface area contributed by atoms with Gasteiger partial charge in [-0.3, -0.25) is 0 Å². The van der Waals surface area contributed by atoms with Crippen LogP contribution in [0.3, 0.4) is 0 Å². The summed E-state index contributed by atoms with van der Waals surface area (Å²) < 4.78 is 4.71. The normalized spacial score (nSPS) is 11.9. The van der Waals surface area contributed by atoms with E-state index in [1.807, 2.05) is 0 Å². The molecule has 0 aliphatic rings. The number of rotatable bonds is 43. The summed E-state index contributed by atoms with van der Waals surface area (Å²) in [6.07, 6.45) is 58.8. The molecule has 2 heterocycles. The molecule has 0 aliphatic heterocycles. The van der Waals surface area contributed by atoms with Crippen molar-refractivity contribution in [2.24, 2.45) is 0 Å². The van der Waals surface area contributed by atoms with Gasteiger partial charge in [0.15, 0.2) is 24.8 Å². The standard InChI is InChI=1S/C66H102N2S2/c1-5-9-31-63(32-10-6-2)65-43-39-59(40-44-65)35-37-61-47-53-67(54-48-61)51-27-23-19-15-13-17-21-25-29-57-69-70-58-30-26-22-18-14-16-20-24-28-52-68-55-49-62(50-56-68)38-36-60-41-45-66(46-42-60)64(33-11-7-3)34-12-8-4/h35-50,53-56,63-64H,5-34,51-52,57-58H2,1-4H3/q+2/b37-35+,38-36+. The predicted molar refractivity (Wildman–Crippen MR) is 316 cm³/mol. The van der Waals surface area contributed by atoms with Crippen LogP contribution in [0.5, 0.6) is 0 Å². The zero-order valence-electron chi connectivity index (χ0n) is 45.5. The summed E-state index contributed by atoms with van der Waals surface area (Å²) in [6, 6.07) is 27.8. The molecule has 0 N–H and O–H groups in total. The quantitative estimate of drug-likeness (QED) is 0.0248. The van der Waals surface area contributed by atoms with E-state index in [9.17, 15) is 0 Å². The van der Waals surface area contributed by atoms with Crippen molar-refractivity contribution in [1.82, 2.24) is 0 Å². The number of nitrogens with zero attached hydrogens (tertiary/aromatic N) is 2. The summed E-state index contributed by atoms with van der Waals surface area (Å²) in [7, 11) is 4.25. The highest BCUT2D eigenvalue weighted by molar-refractivity contribution is 8.76. The van der Waals surface area contributed by atoms with Gasteiger partial charge in [0.25, 0.3) is 0 Å². The monoisotopic (exact) mass is 987 g/mol. The Labute approximate surface area is 440 Å². The van der Waals surface area contributed by atoms with Crippen LogP contribution in [0, 0.1) is 0 Å². The third-order valence-electron chi connectivity index (χ3n) is 14.6. The number of aryl methyl sites for hydroxylation is 2. The van der Waals surface area contributed by atoms with Gasteiger partial charge in [-0.15, -0.1) is 0 Å². The number of benzene rings is 2. The van der Waals surface area contributed by atoms with Crippen molar-refractivity contribution in [3.63, 3.8) is 0 Å². The van der Waals surface area contributed by atoms with Gasteiger partial charge >= 0.3 is 0 Å². The topological polar surface area (TPSA) is 7.76 Å². The third-order valence-corrected chi connectivity index (χ3v) is 17.2. The average molecular weight is 988 g/mol. The molecule has 2 aromatic heterocycles. The van der Waals surface area contributed by atoms with E-state index in [0.717, 1.165) is 24.9 Å². The molecule has 0 saturated heterocycles. The lowest BCUT2D eigenvalue weighted by atomic mass is 9.88. The molecule has 2 nitrogen and oxygen atoms in total. The summed E-state index contributed by atoms with van der Waals surface area (Å²) in [5.74, 6) is 4.11. The van der Waals surface area contributed by atoms with E-state index in [-0.39, 0.29) is 0 Å². The van der Waals surface area contributed by atoms with E-state index in [2.05, 4.69) is 180 Å². The first kappa shape index (κ1) is 59.5. The van der Waals surface area contributed by atoms with Gasteiger partial charge in [-0.1, -0.05) is 251 Å². The van der Waals surface area contributed by atoms with Crippen LogP contribution in [0.4, 0.5) is 0 Å². The second kappa shape index (κ2) is 40.4. The Hall–Kier alpha value is -3.08. The summed E-state index contributed by atoms with van der Waals surface area (Å²) in [6.45, 7) is 11.5. The number of hydrogen-bond acceptors (Lipinski definition) is 2. The third kappa shape index (κ3) is 27.7. The highest BCUT2D eigenvalue weighted by Gasteiger charge is 2.12. The van der Waals surface area contributed by atoms with E-state index >= 15 is 0 Å². The Morgan fingerprint density at radius 2 is 0.571 bits per heavy atom. The number of hydrogen-bond donors (Lipinski definition) is 0.